The smallest absolute Gasteiger partial charge is 0.231 e. The number of aromatic nitrogens is 3. The van der Waals surface area contributed by atoms with Gasteiger partial charge in [-0.15, -0.1) is 10.2 Å². The second-order valence-corrected chi connectivity index (χ2v) is 6.76. The number of rotatable bonds is 4. The van der Waals surface area contributed by atoms with Crippen LogP contribution in [-0.2, 0) is 26.1 Å². The Balaban J connectivity index is 1.41. The van der Waals surface area contributed by atoms with E-state index in [9.17, 15) is 0 Å². The highest BCUT2D eigenvalue weighted by Crippen LogP contribution is 2.39. The predicted molar refractivity (Wildman–Crippen MR) is 88.4 cm³/mol. The molecule has 0 bridgehead atoms. The lowest BCUT2D eigenvalue weighted by Gasteiger charge is -2.09. The highest BCUT2D eigenvalue weighted by atomic mass is 79.9. The number of benzene rings is 1. The molecular formula is C16H19BrN4O2. The van der Waals surface area contributed by atoms with Crippen LogP contribution in [0, 0.1) is 0 Å². The first-order valence-corrected chi connectivity index (χ1v) is 8.80. The van der Waals surface area contributed by atoms with Gasteiger partial charge in [0.1, 0.15) is 11.6 Å². The fourth-order valence-corrected chi connectivity index (χ4v) is 3.72. The first-order valence-electron chi connectivity index (χ1n) is 8.01. The van der Waals surface area contributed by atoms with Crippen LogP contribution in [0.4, 0.5) is 0 Å². The van der Waals surface area contributed by atoms with Crippen LogP contribution in [0.2, 0.25) is 0 Å². The van der Waals surface area contributed by atoms with Crippen molar-refractivity contribution in [2.24, 2.45) is 0 Å². The molecule has 0 spiro atoms. The standard InChI is InChI=1S/C16H19BrN4O2/c17-12-6-11(7-13-16(12)23-10-22-13)8-18-9-15-20-19-14-4-2-1-3-5-21(14)15/h6-7,18H,1-5,8-10H2. The number of ether oxygens (including phenoxy) is 2. The van der Waals surface area contributed by atoms with Gasteiger partial charge in [0.05, 0.1) is 11.0 Å². The topological polar surface area (TPSA) is 61.2 Å². The van der Waals surface area contributed by atoms with Gasteiger partial charge in [-0.25, -0.2) is 0 Å². The molecule has 2 aliphatic heterocycles. The van der Waals surface area contributed by atoms with Crippen LogP contribution in [0.25, 0.3) is 0 Å². The lowest BCUT2D eigenvalue weighted by molar-refractivity contribution is 0.173. The third-order valence-electron chi connectivity index (χ3n) is 4.29. The monoisotopic (exact) mass is 378 g/mol. The molecule has 1 N–H and O–H groups in total. The van der Waals surface area contributed by atoms with Crippen LogP contribution in [0.15, 0.2) is 16.6 Å². The van der Waals surface area contributed by atoms with E-state index in [4.69, 9.17) is 9.47 Å². The van der Waals surface area contributed by atoms with Crippen LogP contribution < -0.4 is 14.8 Å². The summed E-state index contributed by atoms with van der Waals surface area (Å²) in [7, 11) is 0. The number of fused-ring (bicyclic) bond motifs is 2. The molecule has 0 fully saturated rings. The van der Waals surface area contributed by atoms with E-state index in [1.165, 1.54) is 19.3 Å². The van der Waals surface area contributed by atoms with Crippen LogP contribution in [0.1, 0.15) is 36.5 Å². The van der Waals surface area contributed by atoms with E-state index in [0.717, 1.165) is 59.2 Å². The first kappa shape index (κ1) is 15.0. The fraction of sp³-hybridized carbons (Fsp3) is 0.500. The van der Waals surface area contributed by atoms with Crippen molar-refractivity contribution in [1.29, 1.82) is 0 Å². The molecule has 4 rings (SSSR count). The van der Waals surface area contributed by atoms with Crippen molar-refractivity contribution in [2.75, 3.05) is 6.79 Å². The highest BCUT2D eigenvalue weighted by molar-refractivity contribution is 9.10. The zero-order valence-electron chi connectivity index (χ0n) is 12.8. The van der Waals surface area contributed by atoms with Crippen molar-refractivity contribution in [2.45, 2.75) is 45.3 Å². The van der Waals surface area contributed by atoms with Crippen molar-refractivity contribution in [3.63, 3.8) is 0 Å². The molecule has 0 saturated carbocycles. The minimum absolute atomic E-state index is 0.288. The number of aryl methyl sites for hydroxylation is 1. The number of halogens is 1. The minimum atomic E-state index is 0.288. The maximum atomic E-state index is 5.45. The number of nitrogens with one attached hydrogen (secondary N) is 1. The van der Waals surface area contributed by atoms with Crippen LogP contribution in [-0.4, -0.2) is 21.6 Å². The van der Waals surface area contributed by atoms with Gasteiger partial charge < -0.3 is 19.4 Å². The lowest BCUT2D eigenvalue weighted by Crippen LogP contribution is -2.17. The summed E-state index contributed by atoms with van der Waals surface area (Å²) in [5, 5.41) is 12.1. The maximum absolute atomic E-state index is 5.45. The van der Waals surface area contributed by atoms with Crippen molar-refractivity contribution in [1.82, 2.24) is 20.1 Å². The first-order chi connectivity index (χ1) is 11.3. The third-order valence-corrected chi connectivity index (χ3v) is 4.87. The summed E-state index contributed by atoms with van der Waals surface area (Å²) in [6.45, 7) is 2.79. The Hall–Kier alpha value is -1.60. The molecule has 6 nitrogen and oxygen atoms in total. The average Bonchev–Trinajstić information content (AvgIpc) is 3.09. The summed E-state index contributed by atoms with van der Waals surface area (Å²) in [5.74, 6) is 3.75. The maximum Gasteiger partial charge on any atom is 0.231 e. The largest absolute Gasteiger partial charge is 0.454 e. The molecule has 0 atom stereocenters. The van der Waals surface area contributed by atoms with E-state index < -0.39 is 0 Å². The molecule has 1 aromatic carbocycles. The third kappa shape index (κ3) is 3.07. The molecule has 7 heteroatoms. The molecule has 23 heavy (non-hydrogen) atoms. The summed E-state index contributed by atoms with van der Waals surface area (Å²) >= 11 is 3.53. The van der Waals surface area contributed by atoms with E-state index >= 15 is 0 Å². The lowest BCUT2D eigenvalue weighted by atomic mass is 10.2. The second-order valence-electron chi connectivity index (χ2n) is 5.91. The number of nitrogens with zero attached hydrogens (tertiary/aromatic N) is 3. The SMILES string of the molecule is Brc1cc(CNCc2nnc3n2CCCCC3)cc2c1OCO2. The van der Waals surface area contributed by atoms with Gasteiger partial charge in [0.2, 0.25) is 6.79 Å². The van der Waals surface area contributed by atoms with Crippen molar-refractivity contribution < 1.29 is 9.47 Å². The molecule has 0 aliphatic carbocycles. The van der Waals surface area contributed by atoms with Gasteiger partial charge >= 0.3 is 0 Å². The van der Waals surface area contributed by atoms with Crippen LogP contribution in [0.5, 0.6) is 11.5 Å². The van der Waals surface area contributed by atoms with Gasteiger partial charge in [0.25, 0.3) is 0 Å². The second kappa shape index (κ2) is 6.49. The molecule has 0 saturated heterocycles. The highest BCUT2D eigenvalue weighted by Gasteiger charge is 2.18. The molecule has 0 unspecified atom stereocenters. The van der Waals surface area contributed by atoms with Crippen molar-refractivity contribution >= 4 is 15.9 Å². The Morgan fingerprint density at radius 1 is 1.13 bits per heavy atom. The summed E-state index contributed by atoms with van der Waals surface area (Å²) < 4.78 is 14.1. The Morgan fingerprint density at radius 2 is 2.09 bits per heavy atom. The molecule has 0 amide bonds. The van der Waals surface area contributed by atoms with E-state index in [2.05, 4.69) is 42.1 Å². The van der Waals surface area contributed by atoms with Gasteiger partial charge in [-0.1, -0.05) is 6.42 Å². The zero-order valence-corrected chi connectivity index (χ0v) is 14.4. The Bertz CT molecular complexity index is 716. The minimum Gasteiger partial charge on any atom is -0.454 e. The summed E-state index contributed by atoms with van der Waals surface area (Å²) in [6, 6.07) is 4.08. The number of hydrogen-bond acceptors (Lipinski definition) is 5. The van der Waals surface area contributed by atoms with Crippen molar-refractivity contribution in [3.8, 4) is 11.5 Å². The molecule has 0 radical (unpaired) electrons. The Labute approximate surface area is 143 Å². The number of hydrogen-bond donors (Lipinski definition) is 1. The van der Waals surface area contributed by atoms with Crippen LogP contribution in [0.3, 0.4) is 0 Å². The Morgan fingerprint density at radius 3 is 3.04 bits per heavy atom. The Kier molecular flexibility index (Phi) is 4.22. The van der Waals surface area contributed by atoms with Gasteiger partial charge in [-0.2, -0.15) is 0 Å². The fourth-order valence-electron chi connectivity index (χ4n) is 3.12. The van der Waals surface area contributed by atoms with E-state index in [-0.39, 0.29) is 6.79 Å². The summed E-state index contributed by atoms with van der Waals surface area (Å²) in [6.07, 6.45) is 4.76. The van der Waals surface area contributed by atoms with E-state index in [1.807, 2.05) is 6.07 Å². The molecule has 122 valence electrons. The van der Waals surface area contributed by atoms with Gasteiger partial charge in [0.15, 0.2) is 11.5 Å². The van der Waals surface area contributed by atoms with Gasteiger partial charge in [0, 0.05) is 19.5 Å². The molecular weight excluding hydrogens is 360 g/mol. The quantitative estimate of drug-likeness (QED) is 0.885. The zero-order chi connectivity index (χ0) is 15.6. The molecule has 2 aromatic rings. The summed E-state index contributed by atoms with van der Waals surface area (Å²) in [5.41, 5.74) is 1.15. The van der Waals surface area contributed by atoms with E-state index in [1.54, 1.807) is 0 Å². The van der Waals surface area contributed by atoms with Gasteiger partial charge in [-0.05, 0) is 46.5 Å². The summed E-state index contributed by atoms with van der Waals surface area (Å²) in [4.78, 5) is 0. The van der Waals surface area contributed by atoms with E-state index in [0.29, 0.717) is 0 Å². The molecule has 3 heterocycles. The molecule has 2 aliphatic rings. The predicted octanol–water partition coefficient (Wildman–Crippen LogP) is 2.79. The van der Waals surface area contributed by atoms with Crippen molar-refractivity contribution in [3.05, 3.63) is 33.8 Å². The molecule has 1 aromatic heterocycles. The van der Waals surface area contributed by atoms with Gasteiger partial charge in [-0.3, -0.25) is 0 Å². The average molecular weight is 379 g/mol. The van der Waals surface area contributed by atoms with Crippen LogP contribution >= 0.6 is 15.9 Å². The normalized spacial score (nSPS) is 16.2.